The first-order valence-corrected chi connectivity index (χ1v) is 2.71. The van der Waals surface area contributed by atoms with Gasteiger partial charge in [0.05, 0.1) is 0 Å². The van der Waals surface area contributed by atoms with Crippen LogP contribution in [0.15, 0.2) is 0 Å². The largest absolute Gasteiger partial charge is 2.00 e. The Morgan fingerprint density at radius 2 is 1.18 bits per heavy atom. The Hall–Kier alpha value is 1.00. The first kappa shape index (κ1) is 22.7. The van der Waals surface area contributed by atoms with Gasteiger partial charge in [0.25, 0.3) is 0 Å². The van der Waals surface area contributed by atoms with Crippen LogP contribution in [-0.4, -0.2) is 72.6 Å². The number of hydrogen-bond acceptors (Lipinski definition) is 5. The molecule has 0 amide bonds. The summed E-state index contributed by atoms with van der Waals surface area (Å²) in [6, 6.07) is 0. The summed E-state index contributed by atoms with van der Waals surface area (Å²) < 4.78 is 31.6. The van der Waals surface area contributed by atoms with Crippen molar-refractivity contribution in [2.45, 2.75) is 0 Å². The van der Waals surface area contributed by atoms with Gasteiger partial charge in [-0.1, -0.05) is 0 Å². The predicted molar refractivity (Wildman–Crippen MR) is 32.6 cm³/mol. The number of carbonyl (C=O) groups is 1. The third kappa shape index (κ3) is 889. The molecule has 0 saturated heterocycles. The Morgan fingerprint density at radius 3 is 1.18 bits per heavy atom. The van der Waals surface area contributed by atoms with Gasteiger partial charge in [-0.2, -0.15) is 8.42 Å². The van der Waals surface area contributed by atoms with E-state index in [9.17, 15) is 0 Å². The van der Waals surface area contributed by atoms with Crippen molar-refractivity contribution >= 4 is 77.8 Å². The van der Waals surface area contributed by atoms with Crippen LogP contribution in [0.2, 0.25) is 0 Å². The molecule has 11 heavy (non-hydrogen) atoms. The van der Waals surface area contributed by atoms with Crippen LogP contribution in [0.25, 0.3) is 0 Å². The van der Waals surface area contributed by atoms with E-state index in [4.69, 9.17) is 32.5 Å². The summed E-state index contributed by atoms with van der Waals surface area (Å²) in [5.41, 5.74) is 0. The van der Waals surface area contributed by atoms with E-state index in [2.05, 4.69) is 0 Å². The Bertz CT molecular complexity index is 161. The number of hydrogen-bond donors (Lipinski definition) is 2. The van der Waals surface area contributed by atoms with E-state index in [1.807, 2.05) is 0 Å². The smallest absolute Gasteiger partial charge is 0.652 e. The zero-order valence-electron chi connectivity index (χ0n) is 4.96. The molecule has 0 atom stereocenters. The molecule has 0 radical (unpaired) electrons. The monoisotopic (exact) mass is 332 g/mol. The zero-order valence-corrected chi connectivity index (χ0v) is 11.0. The van der Waals surface area contributed by atoms with Crippen LogP contribution in [0.3, 0.4) is 0 Å². The van der Waals surface area contributed by atoms with Gasteiger partial charge in [0.1, 0.15) is 0 Å². The quantitative estimate of drug-likeness (QED) is 0.355. The van der Waals surface area contributed by atoms with E-state index in [0.717, 1.165) is 0 Å². The summed E-state index contributed by atoms with van der Waals surface area (Å²) in [7, 11) is -4.67. The van der Waals surface area contributed by atoms with Crippen LogP contribution >= 0.6 is 12.4 Å². The molecule has 0 heterocycles. The van der Waals surface area contributed by atoms with Crippen molar-refractivity contribution in [2.24, 2.45) is 0 Å². The summed E-state index contributed by atoms with van der Waals surface area (Å²) in [6.45, 7) is 0. The first-order chi connectivity index (χ1) is 3.73. The van der Waals surface area contributed by atoms with Crippen LogP contribution in [0, 0.1) is 0 Å². The van der Waals surface area contributed by atoms with Crippen molar-refractivity contribution < 1.29 is 32.5 Å². The van der Waals surface area contributed by atoms with Crippen molar-refractivity contribution in [3.63, 3.8) is 0 Å². The summed E-state index contributed by atoms with van der Waals surface area (Å²) in [4.78, 5) is 8.33. The van der Waals surface area contributed by atoms with Gasteiger partial charge in [0.2, 0.25) is 0 Å². The average Bonchev–Trinajstić information content (AvgIpc) is 1.19. The third-order valence-electron chi connectivity index (χ3n) is 0. The predicted octanol–water partition coefficient (Wildman–Crippen LogP) is -3.06. The van der Waals surface area contributed by atoms with Crippen LogP contribution in [0.5, 0.6) is 0 Å². The van der Waals surface area contributed by atoms with Crippen molar-refractivity contribution in [3.8, 4) is 0 Å². The molecule has 0 aliphatic rings. The Kier molecular flexibility index (Phi) is 22.7. The number of rotatable bonds is 0. The average molecular weight is 332 g/mol. The molecule has 2 N–H and O–H groups in total. The summed E-state index contributed by atoms with van der Waals surface area (Å²) in [6.07, 6.45) is -2.33. The van der Waals surface area contributed by atoms with Gasteiger partial charge < -0.3 is 15.0 Å². The minimum Gasteiger partial charge on any atom is -0.652 e. The van der Waals surface area contributed by atoms with Gasteiger partial charge in [-0.25, -0.2) is 0 Å². The molecule has 64 valence electrons. The fourth-order valence-corrected chi connectivity index (χ4v) is 0. The standard InChI is InChI=1S/CH2O3.Ba.ClH.H2O4S/c2-1(3)4;;;1-5(2,3)4/h(H2,2,3,4);;1H;(H2,1,2,3,4)/q;+2;;/p-2. The molecule has 0 unspecified atom stereocenters. The van der Waals surface area contributed by atoms with Gasteiger partial charge in [0.15, 0.2) is 0 Å². The normalized spacial score (nSPS) is 7.45. The van der Waals surface area contributed by atoms with E-state index in [0.29, 0.717) is 0 Å². The number of carboxylic acid groups (broad SMARTS) is 2. The molecule has 0 aromatic rings. The second kappa shape index (κ2) is 11.0. The third-order valence-corrected chi connectivity index (χ3v) is 0. The molecular weight excluding hydrogens is 329 g/mol. The van der Waals surface area contributed by atoms with Gasteiger partial charge in [0, 0.05) is 0 Å². The molecular formula is CH3BaClO7S. The van der Waals surface area contributed by atoms with Crippen LogP contribution in [-0.2, 0) is 10.4 Å². The van der Waals surface area contributed by atoms with E-state index in [-0.39, 0.29) is 61.3 Å². The maximum atomic E-state index is 8.74. The van der Waals surface area contributed by atoms with E-state index in [1.165, 1.54) is 0 Å². The van der Waals surface area contributed by atoms with Gasteiger partial charge in [-0.3, -0.25) is 9.11 Å². The Balaban J connectivity index is -0.0000000383. The fraction of sp³-hybridized carbons (Fsp3) is 0. The Morgan fingerprint density at radius 1 is 1.18 bits per heavy atom. The summed E-state index contributed by atoms with van der Waals surface area (Å²) in [5.74, 6) is 0. The van der Waals surface area contributed by atoms with Crippen molar-refractivity contribution in [1.29, 1.82) is 0 Å². The minimum atomic E-state index is -4.67. The van der Waals surface area contributed by atoms with E-state index in [1.54, 1.807) is 0 Å². The number of carbonyl (C=O) groups excluding carboxylic acids is 1. The molecule has 0 spiro atoms. The molecule has 0 aliphatic heterocycles. The van der Waals surface area contributed by atoms with Crippen molar-refractivity contribution in [1.82, 2.24) is 0 Å². The molecule has 7 nitrogen and oxygen atoms in total. The molecule has 0 aromatic carbocycles. The molecule has 0 fully saturated rings. The minimum absolute atomic E-state index is 0. The van der Waals surface area contributed by atoms with Gasteiger partial charge in [-0.05, 0) is 6.16 Å². The molecule has 0 saturated carbocycles. The second-order valence-corrected chi connectivity index (χ2v) is 1.59. The van der Waals surface area contributed by atoms with Crippen LogP contribution < -0.4 is 10.2 Å². The van der Waals surface area contributed by atoms with Gasteiger partial charge in [-0.15, -0.1) is 12.4 Å². The maximum absolute atomic E-state index is 8.74. The second-order valence-electron chi connectivity index (χ2n) is 0.698. The molecule has 0 aromatic heterocycles. The zero-order chi connectivity index (χ0) is 8.08. The van der Waals surface area contributed by atoms with E-state index < -0.39 is 16.6 Å². The maximum Gasteiger partial charge on any atom is 2.00 e. The van der Waals surface area contributed by atoms with Crippen LogP contribution in [0.1, 0.15) is 0 Å². The summed E-state index contributed by atoms with van der Waals surface area (Å²) in [5, 5.41) is 16.7. The van der Waals surface area contributed by atoms with E-state index >= 15 is 0 Å². The van der Waals surface area contributed by atoms with Crippen molar-refractivity contribution in [2.75, 3.05) is 0 Å². The molecule has 10 heteroatoms. The topological polar surface area (TPSA) is 138 Å². The summed E-state index contributed by atoms with van der Waals surface area (Å²) >= 11 is 0. The van der Waals surface area contributed by atoms with Crippen molar-refractivity contribution in [3.05, 3.63) is 0 Å². The first-order valence-electron chi connectivity index (χ1n) is 1.31. The van der Waals surface area contributed by atoms with Gasteiger partial charge >= 0.3 is 59.3 Å². The SMILES string of the molecule is Cl.O=C([O-])[O-].O=S(=O)(O)O.[Ba+2]. The number of halogens is 1. The molecule has 0 bridgehead atoms. The van der Waals surface area contributed by atoms with Crippen LogP contribution in [0.4, 0.5) is 4.79 Å². The Labute approximate surface area is 109 Å². The fourth-order valence-electron chi connectivity index (χ4n) is 0. The molecule has 0 aliphatic carbocycles. The molecule has 0 rings (SSSR count).